The third-order valence-corrected chi connectivity index (χ3v) is 5.45. The SMILES string of the molecule is COc1ccc(N(CC(=O)NCCc2ccc(Cl)cc2)S(C)(=O)=O)cc1Cl. The maximum atomic E-state index is 12.2. The number of nitrogens with one attached hydrogen (secondary N) is 1. The Labute approximate surface area is 169 Å². The van der Waals surface area contributed by atoms with Gasteiger partial charge in [-0.1, -0.05) is 35.3 Å². The van der Waals surface area contributed by atoms with E-state index in [1.807, 2.05) is 12.1 Å². The molecule has 0 heterocycles. The molecule has 0 aliphatic heterocycles. The quantitative estimate of drug-likeness (QED) is 0.697. The van der Waals surface area contributed by atoms with Gasteiger partial charge < -0.3 is 10.1 Å². The molecule has 0 atom stereocenters. The molecule has 0 fully saturated rings. The van der Waals surface area contributed by atoms with Crippen LogP contribution in [-0.2, 0) is 21.2 Å². The molecule has 6 nitrogen and oxygen atoms in total. The average Bonchev–Trinajstić information content (AvgIpc) is 2.60. The monoisotopic (exact) mass is 430 g/mol. The van der Waals surface area contributed by atoms with Gasteiger partial charge >= 0.3 is 0 Å². The maximum Gasteiger partial charge on any atom is 0.240 e. The first-order chi connectivity index (χ1) is 12.7. The molecule has 0 unspecified atom stereocenters. The van der Waals surface area contributed by atoms with Gasteiger partial charge in [0.15, 0.2) is 0 Å². The predicted octanol–water partition coefficient (Wildman–Crippen LogP) is 3.13. The zero-order valence-corrected chi connectivity index (χ0v) is 17.2. The van der Waals surface area contributed by atoms with Crippen molar-refractivity contribution in [3.05, 3.63) is 58.1 Å². The van der Waals surface area contributed by atoms with Crippen molar-refractivity contribution in [2.75, 3.05) is 30.8 Å². The Kier molecular flexibility index (Phi) is 7.35. The van der Waals surface area contributed by atoms with Crippen LogP contribution in [0.1, 0.15) is 5.56 Å². The van der Waals surface area contributed by atoms with E-state index in [9.17, 15) is 13.2 Å². The van der Waals surface area contributed by atoms with E-state index in [1.54, 1.807) is 18.2 Å². The smallest absolute Gasteiger partial charge is 0.240 e. The Hall–Kier alpha value is -1.96. The fraction of sp³-hybridized carbons (Fsp3) is 0.278. The molecule has 2 aromatic rings. The zero-order chi connectivity index (χ0) is 20.0. The summed E-state index contributed by atoms with van der Waals surface area (Å²) in [6.07, 6.45) is 1.64. The number of ether oxygens (including phenoxy) is 1. The maximum absolute atomic E-state index is 12.2. The summed E-state index contributed by atoms with van der Waals surface area (Å²) in [5.74, 6) is 0.00242. The van der Waals surface area contributed by atoms with E-state index in [0.29, 0.717) is 23.7 Å². The van der Waals surface area contributed by atoms with Crippen LogP contribution >= 0.6 is 23.2 Å². The Bertz CT molecular complexity index is 902. The summed E-state index contributed by atoms with van der Waals surface area (Å²) in [7, 11) is -2.21. The molecule has 0 aliphatic carbocycles. The van der Waals surface area contributed by atoms with Gasteiger partial charge in [-0.2, -0.15) is 0 Å². The van der Waals surface area contributed by atoms with Crippen molar-refractivity contribution in [1.29, 1.82) is 0 Å². The van der Waals surface area contributed by atoms with Crippen LogP contribution in [0.2, 0.25) is 10.0 Å². The predicted molar refractivity (Wildman–Crippen MR) is 108 cm³/mol. The number of anilines is 1. The fourth-order valence-corrected chi connectivity index (χ4v) is 3.62. The van der Waals surface area contributed by atoms with Crippen LogP contribution in [0.15, 0.2) is 42.5 Å². The van der Waals surface area contributed by atoms with Crippen molar-refractivity contribution in [2.24, 2.45) is 0 Å². The molecule has 0 saturated heterocycles. The van der Waals surface area contributed by atoms with Gasteiger partial charge in [-0.05, 0) is 42.3 Å². The molecule has 9 heteroatoms. The van der Waals surface area contributed by atoms with Gasteiger partial charge in [-0.25, -0.2) is 8.42 Å². The van der Waals surface area contributed by atoms with E-state index in [4.69, 9.17) is 27.9 Å². The van der Waals surface area contributed by atoms with Gasteiger partial charge in [-0.15, -0.1) is 0 Å². The molecule has 146 valence electrons. The van der Waals surface area contributed by atoms with Gasteiger partial charge in [0.1, 0.15) is 12.3 Å². The van der Waals surface area contributed by atoms with Gasteiger partial charge in [0, 0.05) is 11.6 Å². The van der Waals surface area contributed by atoms with Crippen LogP contribution in [0.5, 0.6) is 5.75 Å². The average molecular weight is 431 g/mol. The fourth-order valence-electron chi connectivity index (χ4n) is 2.39. The molecule has 2 aromatic carbocycles. The Balaban J connectivity index is 2.02. The Morgan fingerprint density at radius 3 is 2.37 bits per heavy atom. The van der Waals surface area contributed by atoms with Crippen LogP contribution in [0.25, 0.3) is 0 Å². The zero-order valence-electron chi connectivity index (χ0n) is 14.9. The molecule has 1 amide bonds. The highest BCUT2D eigenvalue weighted by Gasteiger charge is 2.21. The largest absolute Gasteiger partial charge is 0.495 e. The van der Waals surface area contributed by atoms with E-state index in [-0.39, 0.29) is 17.3 Å². The number of sulfonamides is 1. The lowest BCUT2D eigenvalue weighted by Gasteiger charge is -2.22. The standard InChI is InChI=1S/C18H20Cl2N2O4S/c1-26-17-8-7-15(11-16(17)20)22(27(2,24)25)12-18(23)21-10-9-13-3-5-14(19)6-4-13/h3-8,11H,9-10,12H2,1-2H3,(H,21,23). The Morgan fingerprint density at radius 2 is 1.81 bits per heavy atom. The number of methoxy groups -OCH3 is 1. The van der Waals surface area contributed by atoms with Crippen LogP contribution in [-0.4, -0.2) is 40.8 Å². The first kappa shape index (κ1) is 21.3. The van der Waals surface area contributed by atoms with Gasteiger partial charge in [0.25, 0.3) is 0 Å². The van der Waals surface area contributed by atoms with Crippen LogP contribution in [0.3, 0.4) is 0 Å². The normalized spacial score (nSPS) is 11.1. The molecule has 27 heavy (non-hydrogen) atoms. The van der Waals surface area contributed by atoms with Crippen LogP contribution in [0.4, 0.5) is 5.69 Å². The summed E-state index contributed by atoms with van der Waals surface area (Å²) in [5.41, 5.74) is 1.30. The number of benzene rings is 2. The summed E-state index contributed by atoms with van der Waals surface area (Å²) in [4.78, 5) is 12.2. The van der Waals surface area contributed by atoms with Gasteiger partial charge in [0.2, 0.25) is 15.9 Å². The minimum absolute atomic E-state index is 0.256. The van der Waals surface area contributed by atoms with Crippen LogP contribution < -0.4 is 14.4 Å². The Morgan fingerprint density at radius 1 is 1.15 bits per heavy atom. The summed E-state index contributed by atoms with van der Waals surface area (Å²) < 4.78 is 30.3. The summed E-state index contributed by atoms with van der Waals surface area (Å²) in [5, 5.41) is 3.62. The van der Waals surface area contributed by atoms with Gasteiger partial charge in [-0.3, -0.25) is 9.10 Å². The molecule has 0 saturated carbocycles. The second kappa shape index (κ2) is 9.30. The first-order valence-electron chi connectivity index (χ1n) is 8.03. The van der Waals surface area contributed by atoms with Crippen molar-refractivity contribution in [3.8, 4) is 5.75 Å². The van der Waals surface area contributed by atoms with E-state index in [0.717, 1.165) is 16.1 Å². The number of rotatable bonds is 8. The molecular weight excluding hydrogens is 411 g/mol. The summed E-state index contributed by atoms with van der Waals surface area (Å²) in [6.45, 7) is 0.0313. The van der Waals surface area contributed by atoms with Crippen molar-refractivity contribution in [2.45, 2.75) is 6.42 Å². The van der Waals surface area contributed by atoms with Crippen molar-refractivity contribution in [3.63, 3.8) is 0 Å². The highest BCUT2D eigenvalue weighted by molar-refractivity contribution is 7.92. The van der Waals surface area contributed by atoms with Gasteiger partial charge in [0.05, 0.1) is 24.1 Å². The molecule has 0 radical (unpaired) electrons. The topological polar surface area (TPSA) is 75.7 Å². The summed E-state index contributed by atoms with van der Waals surface area (Å²) in [6, 6.07) is 11.8. The molecule has 0 aromatic heterocycles. The lowest BCUT2D eigenvalue weighted by Crippen LogP contribution is -2.40. The number of amides is 1. The number of halogens is 2. The molecular formula is C18H20Cl2N2O4S. The molecule has 0 spiro atoms. The summed E-state index contributed by atoms with van der Waals surface area (Å²) >= 11 is 11.9. The molecule has 0 aliphatic rings. The van der Waals surface area contributed by atoms with E-state index in [2.05, 4.69) is 5.32 Å². The lowest BCUT2D eigenvalue weighted by atomic mass is 10.1. The van der Waals surface area contributed by atoms with E-state index < -0.39 is 15.9 Å². The highest BCUT2D eigenvalue weighted by Crippen LogP contribution is 2.30. The highest BCUT2D eigenvalue weighted by atomic mass is 35.5. The molecule has 0 bridgehead atoms. The third kappa shape index (κ3) is 6.30. The van der Waals surface area contributed by atoms with Crippen molar-refractivity contribution in [1.82, 2.24) is 5.32 Å². The number of carbonyl (C=O) groups excluding carboxylic acids is 1. The second-order valence-corrected chi connectivity index (χ2v) is 8.57. The molecule has 1 N–H and O–H groups in total. The number of hydrogen-bond donors (Lipinski definition) is 1. The number of carbonyl (C=O) groups is 1. The van der Waals surface area contributed by atoms with E-state index in [1.165, 1.54) is 19.2 Å². The second-order valence-electron chi connectivity index (χ2n) is 5.81. The van der Waals surface area contributed by atoms with Crippen LogP contribution in [0, 0.1) is 0 Å². The number of hydrogen-bond acceptors (Lipinski definition) is 4. The number of nitrogens with zero attached hydrogens (tertiary/aromatic N) is 1. The lowest BCUT2D eigenvalue weighted by molar-refractivity contribution is -0.119. The molecule has 2 rings (SSSR count). The van der Waals surface area contributed by atoms with Crippen molar-refractivity contribution >= 4 is 44.8 Å². The van der Waals surface area contributed by atoms with Crippen molar-refractivity contribution < 1.29 is 17.9 Å². The third-order valence-electron chi connectivity index (χ3n) is 3.76. The van der Waals surface area contributed by atoms with E-state index >= 15 is 0 Å². The first-order valence-corrected chi connectivity index (χ1v) is 10.6. The minimum Gasteiger partial charge on any atom is -0.495 e. The minimum atomic E-state index is -3.67.